The first-order valence-corrected chi connectivity index (χ1v) is 9.66. The van der Waals surface area contributed by atoms with E-state index in [2.05, 4.69) is 5.10 Å². The number of aromatic nitrogens is 2. The second-order valence-electron chi connectivity index (χ2n) is 6.96. The molecule has 3 rings (SSSR count). The Morgan fingerprint density at radius 1 is 1.21 bits per heavy atom. The Labute approximate surface area is 165 Å². The second-order valence-corrected chi connectivity index (χ2v) is 6.96. The molecule has 1 aromatic carbocycles. The van der Waals surface area contributed by atoms with Crippen molar-refractivity contribution in [1.82, 2.24) is 14.7 Å². The number of likely N-dealkylation sites (tertiary alicyclic amines) is 1. The lowest BCUT2D eigenvalue weighted by Gasteiger charge is -2.32. The van der Waals surface area contributed by atoms with Crippen LogP contribution in [0.4, 0.5) is 0 Å². The van der Waals surface area contributed by atoms with Crippen LogP contribution in [0.5, 0.6) is 11.5 Å². The summed E-state index contributed by atoms with van der Waals surface area (Å²) < 4.78 is 12.3. The number of carbonyl (C=O) groups excluding carboxylic acids is 2. The second kappa shape index (κ2) is 8.91. The first-order chi connectivity index (χ1) is 13.6. The fourth-order valence-corrected chi connectivity index (χ4v) is 3.66. The van der Waals surface area contributed by atoms with E-state index in [0.29, 0.717) is 42.4 Å². The van der Waals surface area contributed by atoms with Crippen LogP contribution in [0.3, 0.4) is 0 Å². The Morgan fingerprint density at radius 2 is 2.04 bits per heavy atom. The first kappa shape index (κ1) is 19.9. The number of hydrogen-bond donors (Lipinski definition) is 0. The van der Waals surface area contributed by atoms with E-state index in [4.69, 9.17) is 9.47 Å². The van der Waals surface area contributed by atoms with Crippen molar-refractivity contribution in [2.24, 2.45) is 5.92 Å². The zero-order valence-electron chi connectivity index (χ0n) is 16.7. The Kier molecular flexibility index (Phi) is 6.34. The average molecular weight is 385 g/mol. The van der Waals surface area contributed by atoms with Crippen LogP contribution in [0.1, 0.15) is 47.0 Å². The summed E-state index contributed by atoms with van der Waals surface area (Å²) >= 11 is 0. The van der Waals surface area contributed by atoms with Gasteiger partial charge in [0.15, 0.2) is 5.78 Å². The van der Waals surface area contributed by atoms with E-state index in [1.807, 2.05) is 6.92 Å². The minimum Gasteiger partial charge on any atom is -0.497 e. The number of Topliss-reactive ketones (excluding diaryl/α,β-unsaturated/α-hetero) is 1. The molecule has 0 aliphatic carbocycles. The molecule has 0 radical (unpaired) electrons. The summed E-state index contributed by atoms with van der Waals surface area (Å²) in [6.45, 7) is 3.81. The number of carbonyl (C=O) groups is 2. The molecule has 1 fully saturated rings. The summed E-state index contributed by atoms with van der Waals surface area (Å²) in [4.78, 5) is 27.9. The summed E-state index contributed by atoms with van der Waals surface area (Å²) in [5.41, 5.74) is 1.11. The lowest BCUT2D eigenvalue weighted by Crippen LogP contribution is -2.43. The predicted molar refractivity (Wildman–Crippen MR) is 105 cm³/mol. The molecule has 150 valence electrons. The summed E-state index contributed by atoms with van der Waals surface area (Å²) in [7, 11) is 3.11. The highest BCUT2D eigenvalue weighted by Crippen LogP contribution is 2.30. The molecule has 7 heteroatoms. The van der Waals surface area contributed by atoms with Crippen molar-refractivity contribution in [1.29, 1.82) is 0 Å². The minimum absolute atomic E-state index is 0.000862. The maximum absolute atomic E-state index is 13.1. The highest BCUT2D eigenvalue weighted by molar-refractivity contribution is 6.01. The third-order valence-corrected chi connectivity index (χ3v) is 5.12. The van der Waals surface area contributed by atoms with Gasteiger partial charge in [0.1, 0.15) is 17.2 Å². The van der Waals surface area contributed by atoms with E-state index >= 15 is 0 Å². The molecule has 0 saturated carbocycles. The van der Waals surface area contributed by atoms with Crippen LogP contribution in [0, 0.1) is 5.92 Å². The zero-order valence-corrected chi connectivity index (χ0v) is 16.7. The van der Waals surface area contributed by atoms with E-state index in [-0.39, 0.29) is 17.6 Å². The predicted octanol–water partition coefficient (Wildman–Crippen LogP) is 3.05. The monoisotopic (exact) mass is 385 g/mol. The van der Waals surface area contributed by atoms with Crippen LogP contribution in [0.15, 0.2) is 30.5 Å². The van der Waals surface area contributed by atoms with Gasteiger partial charge in [-0.2, -0.15) is 5.10 Å². The summed E-state index contributed by atoms with van der Waals surface area (Å²) in [5, 5.41) is 4.24. The maximum Gasteiger partial charge on any atom is 0.272 e. The maximum atomic E-state index is 13.1. The van der Waals surface area contributed by atoms with E-state index in [1.54, 1.807) is 47.2 Å². The topological polar surface area (TPSA) is 73.7 Å². The Balaban J connectivity index is 1.77. The third-order valence-electron chi connectivity index (χ3n) is 5.12. The van der Waals surface area contributed by atoms with Gasteiger partial charge in [-0.05, 0) is 37.5 Å². The standard InChI is InChI=1S/C21H27N3O4/c1-4-11-24-18(9-10-22-24)21(26)23-12-5-6-15(14-23)20(25)17-8-7-16(27-2)13-19(17)28-3/h7-10,13,15H,4-6,11-12,14H2,1-3H3/t15-/m0/s1. The Morgan fingerprint density at radius 3 is 2.75 bits per heavy atom. The quantitative estimate of drug-likeness (QED) is 0.685. The van der Waals surface area contributed by atoms with Crippen molar-refractivity contribution in [2.75, 3.05) is 27.3 Å². The van der Waals surface area contributed by atoms with Crippen LogP contribution in [-0.2, 0) is 6.54 Å². The summed E-state index contributed by atoms with van der Waals surface area (Å²) in [6, 6.07) is 6.94. The molecule has 1 aliphatic rings. The molecular weight excluding hydrogens is 358 g/mol. The molecule has 2 aromatic rings. The van der Waals surface area contributed by atoms with Crippen molar-refractivity contribution in [3.05, 3.63) is 41.7 Å². The number of methoxy groups -OCH3 is 2. The molecule has 1 aromatic heterocycles. The van der Waals surface area contributed by atoms with Gasteiger partial charge in [0.2, 0.25) is 0 Å². The van der Waals surface area contributed by atoms with Crippen molar-refractivity contribution in [2.45, 2.75) is 32.7 Å². The number of nitrogens with zero attached hydrogens (tertiary/aromatic N) is 3. The number of rotatable bonds is 7. The van der Waals surface area contributed by atoms with Gasteiger partial charge in [0.05, 0.1) is 19.8 Å². The number of ether oxygens (including phenoxy) is 2. The number of hydrogen-bond acceptors (Lipinski definition) is 5. The molecule has 7 nitrogen and oxygen atoms in total. The third kappa shape index (κ3) is 4.03. The van der Waals surface area contributed by atoms with Gasteiger partial charge in [0.25, 0.3) is 5.91 Å². The largest absolute Gasteiger partial charge is 0.497 e. The zero-order chi connectivity index (χ0) is 20.1. The lowest BCUT2D eigenvalue weighted by molar-refractivity contribution is 0.0626. The van der Waals surface area contributed by atoms with E-state index < -0.39 is 0 Å². The van der Waals surface area contributed by atoms with Gasteiger partial charge < -0.3 is 14.4 Å². The molecule has 2 heterocycles. The number of benzene rings is 1. The molecule has 1 amide bonds. The van der Waals surface area contributed by atoms with Crippen LogP contribution < -0.4 is 9.47 Å². The van der Waals surface area contributed by atoms with Gasteiger partial charge in [-0.3, -0.25) is 14.3 Å². The van der Waals surface area contributed by atoms with E-state index in [1.165, 1.54) is 7.11 Å². The molecule has 0 unspecified atom stereocenters. The molecule has 0 spiro atoms. The number of piperidine rings is 1. The van der Waals surface area contributed by atoms with Crippen molar-refractivity contribution < 1.29 is 19.1 Å². The smallest absolute Gasteiger partial charge is 0.272 e. The highest BCUT2D eigenvalue weighted by atomic mass is 16.5. The van der Waals surface area contributed by atoms with Gasteiger partial charge in [-0.25, -0.2) is 0 Å². The molecule has 1 saturated heterocycles. The van der Waals surface area contributed by atoms with Crippen LogP contribution >= 0.6 is 0 Å². The fourth-order valence-electron chi connectivity index (χ4n) is 3.66. The van der Waals surface area contributed by atoms with E-state index in [9.17, 15) is 9.59 Å². The number of ketones is 1. The number of amides is 1. The van der Waals surface area contributed by atoms with Gasteiger partial charge in [-0.15, -0.1) is 0 Å². The Hall–Kier alpha value is -2.83. The normalized spacial score (nSPS) is 16.7. The van der Waals surface area contributed by atoms with Crippen LogP contribution in [-0.4, -0.2) is 53.7 Å². The van der Waals surface area contributed by atoms with Crippen molar-refractivity contribution in [3.8, 4) is 11.5 Å². The molecular formula is C21H27N3O4. The van der Waals surface area contributed by atoms with Gasteiger partial charge in [0, 0.05) is 37.8 Å². The minimum atomic E-state index is -0.248. The average Bonchev–Trinajstić information content (AvgIpc) is 3.20. The molecule has 1 aliphatic heterocycles. The van der Waals surface area contributed by atoms with Crippen molar-refractivity contribution >= 4 is 11.7 Å². The van der Waals surface area contributed by atoms with Gasteiger partial charge in [-0.1, -0.05) is 6.92 Å². The lowest BCUT2D eigenvalue weighted by atomic mass is 9.89. The fraction of sp³-hybridized carbons (Fsp3) is 0.476. The molecule has 28 heavy (non-hydrogen) atoms. The highest BCUT2D eigenvalue weighted by Gasteiger charge is 2.31. The van der Waals surface area contributed by atoms with Crippen LogP contribution in [0.25, 0.3) is 0 Å². The Bertz CT molecular complexity index is 846. The first-order valence-electron chi connectivity index (χ1n) is 9.66. The SMILES string of the molecule is CCCn1nccc1C(=O)N1CCC[C@H](C(=O)c2ccc(OC)cc2OC)C1. The van der Waals surface area contributed by atoms with E-state index in [0.717, 1.165) is 19.3 Å². The molecule has 1 atom stereocenters. The molecule has 0 N–H and O–H groups in total. The summed E-state index contributed by atoms with van der Waals surface area (Å²) in [6.07, 6.45) is 4.10. The number of aryl methyl sites for hydroxylation is 1. The van der Waals surface area contributed by atoms with Crippen LogP contribution in [0.2, 0.25) is 0 Å². The van der Waals surface area contributed by atoms with Gasteiger partial charge >= 0.3 is 0 Å². The van der Waals surface area contributed by atoms with Crippen molar-refractivity contribution in [3.63, 3.8) is 0 Å². The molecule has 0 bridgehead atoms. The summed E-state index contributed by atoms with van der Waals surface area (Å²) in [5.74, 6) is 0.818.